The van der Waals surface area contributed by atoms with Crippen molar-refractivity contribution in [3.05, 3.63) is 42.0 Å². The lowest BCUT2D eigenvalue weighted by atomic mass is 10.1. The maximum absolute atomic E-state index is 5.30. The number of hydrogen-bond donors (Lipinski definition) is 1. The molecule has 98 valence electrons. The molecule has 0 spiro atoms. The topological polar surface area (TPSA) is 21.3 Å². The molecule has 2 rings (SSSR count). The molecule has 0 bridgehead atoms. The zero-order chi connectivity index (χ0) is 13.7. The van der Waals surface area contributed by atoms with Crippen molar-refractivity contribution in [2.24, 2.45) is 0 Å². The maximum atomic E-state index is 5.30. The van der Waals surface area contributed by atoms with Gasteiger partial charge in [-0.15, -0.1) is 12.3 Å². The Morgan fingerprint density at radius 1 is 1.21 bits per heavy atom. The quantitative estimate of drug-likeness (QED) is 0.825. The first kappa shape index (κ1) is 13.5. The molecule has 0 amide bonds. The molecule has 1 unspecified atom stereocenters. The average molecular weight is 253 g/mol. The van der Waals surface area contributed by atoms with Crippen LogP contribution in [0.4, 0.5) is 0 Å². The molecule has 1 atom stereocenters. The van der Waals surface area contributed by atoms with Crippen molar-refractivity contribution in [3.63, 3.8) is 0 Å². The number of terminal acetylenes is 1. The van der Waals surface area contributed by atoms with Gasteiger partial charge >= 0.3 is 0 Å². The fourth-order valence-corrected chi connectivity index (χ4v) is 2.05. The van der Waals surface area contributed by atoms with Crippen LogP contribution in [0.1, 0.15) is 18.9 Å². The van der Waals surface area contributed by atoms with Gasteiger partial charge in [-0.1, -0.05) is 18.2 Å². The molecule has 0 aliphatic carbocycles. The van der Waals surface area contributed by atoms with Crippen molar-refractivity contribution >= 4 is 10.8 Å². The highest BCUT2D eigenvalue weighted by Crippen LogP contribution is 2.21. The van der Waals surface area contributed by atoms with E-state index in [1.807, 2.05) is 12.1 Å². The van der Waals surface area contributed by atoms with E-state index in [1.54, 1.807) is 7.11 Å². The summed E-state index contributed by atoms with van der Waals surface area (Å²) in [6, 6.07) is 12.9. The Morgan fingerprint density at radius 3 is 2.68 bits per heavy atom. The van der Waals surface area contributed by atoms with E-state index < -0.39 is 0 Å². The lowest BCUT2D eigenvalue weighted by Crippen LogP contribution is -2.24. The van der Waals surface area contributed by atoms with Crippen LogP contribution in [0.2, 0.25) is 0 Å². The Balaban J connectivity index is 2.11. The second-order valence-electron chi connectivity index (χ2n) is 4.74. The molecule has 0 saturated heterocycles. The maximum Gasteiger partial charge on any atom is 0.119 e. The third kappa shape index (κ3) is 3.49. The molecule has 0 heterocycles. The molecule has 0 aromatic heterocycles. The third-order valence-corrected chi connectivity index (χ3v) is 3.19. The minimum Gasteiger partial charge on any atom is -0.497 e. The standard InChI is InChI=1S/C17H19NO/c1-4-5-13(2)18-12-14-6-7-16-11-17(19-3)9-8-15(16)10-14/h1,6-11,13,18H,5,12H2,2-3H3. The summed E-state index contributed by atoms with van der Waals surface area (Å²) in [5.41, 5.74) is 1.27. The average Bonchev–Trinajstić information content (AvgIpc) is 2.44. The van der Waals surface area contributed by atoms with Gasteiger partial charge in [0.15, 0.2) is 0 Å². The molecule has 0 saturated carbocycles. The molecule has 2 heteroatoms. The largest absolute Gasteiger partial charge is 0.497 e. The number of hydrogen-bond acceptors (Lipinski definition) is 2. The van der Waals surface area contributed by atoms with Gasteiger partial charge in [0, 0.05) is 19.0 Å². The summed E-state index contributed by atoms with van der Waals surface area (Å²) in [5, 5.41) is 5.84. The number of ether oxygens (including phenoxy) is 1. The predicted molar refractivity (Wildman–Crippen MR) is 80.3 cm³/mol. The summed E-state index contributed by atoms with van der Waals surface area (Å²) in [6.45, 7) is 2.94. The third-order valence-electron chi connectivity index (χ3n) is 3.19. The van der Waals surface area contributed by atoms with Gasteiger partial charge in [0.05, 0.1) is 7.11 Å². The van der Waals surface area contributed by atoms with E-state index in [-0.39, 0.29) is 0 Å². The lowest BCUT2D eigenvalue weighted by Gasteiger charge is -2.11. The van der Waals surface area contributed by atoms with Gasteiger partial charge in [0.1, 0.15) is 5.75 Å². The van der Waals surface area contributed by atoms with Gasteiger partial charge in [-0.2, -0.15) is 0 Å². The van der Waals surface area contributed by atoms with Crippen LogP contribution >= 0.6 is 0 Å². The lowest BCUT2D eigenvalue weighted by molar-refractivity contribution is 0.415. The monoisotopic (exact) mass is 253 g/mol. The van der Waals surface area contributed by atoms with Crippen LogP contribution in [-0.4, -0.2) is 13.2 Å². The molecular weight excluding hydrogens is 234 g/mol. The fourth-order valence-electron chi connectivity index (χ4n) is 2.05. The van der Waals surface area contributed by atoms with Crippen LogP contribution in [0.3, 0.4) is 0 Å². The fraction of sp³-hybridized carbons (Fsp3) is 0.294. The molecule has 2 aromatic rings. The van der Waals surface area contributed by atoms with Crippen molar-refractivity contribution < 1.29 is 4.74 Å². The highest BCUT2D eigenvalue weighted by atomic mass is 16.5. The molecule has 0 radical (unpaired) electrons. The van der Waals surface area contributed by atoms with Crippen LogP contribution in [0.5, 0.6) is 5.75 Å². The summed E-state index contributed by atoms with van der Waals surface area (Å²) >= 11 is 0. The Hall–Kier alpha value is -1.98. The molecule has 0 fully saturated rings. The first-order valence-corrected chi connectivity index (χ1v) is 6.46. The smallest absolute Gasteiger partial charge is 0.119 e. The van der Waals surface area contributed by atoms with Gasteiger partial charge in [0.2, 0.25) is 0 Å². The van der Waals surface area contributed by atoms with Crippen LogP contribution in [0.25, 0.3) is 10.8 Å². The minimum atomic E-state index is 0.344. The molecule has 2 nitrogen and oxygen atoms in total. The Kier molecular flexibility index (Phi) is 4.43. The van der Waals surface area contributed by atoms with Crippen LogP contribution in [0, 0.1) is 12.3 Å². The van der Waals surface area contributed by atoms with E-state index >= 15 is 0 Å². The zero-order valence-corrected chi connectivity index (χ0v) is 11.4. The van der Waals surface area contributed by atoms with Crippen molar-refractivity contribution in [2.45, 2.75) is 25.9 Å². The van der Waals surface area contributed by atoms with Gasteiger partial charge in [0.25, 0.3) is 0 Å². The Bertz CT molecular complexity index is 598. The van der Waals surface area contributed by atoms with Crippen molar-refractivity contribution in [1.29, 1.82) is 0 Å². The summed E-state index contributed by atoms with van der Waals surface area (Å²) in [6.07, 6.45) is 6.05. The molecular formula is C17H19NO. The second-order valence-corrected chi connectivity index (χ2v) is 4.74. The minimum absolute atomic E-state index is 0.344. The summed E-state index contributed by atoms with van der Waals surface area (Å²) < 4.78 is 5.23. The van der Waals surface area contributed by atoms with Crippen molar-refractivity contribution in [3.8, 4) is 18.1 Å². The molecule has 19 heavy (non-hydrogen) atoms. The predicted octanol–water partition coefficient (Wildman–Crippen LogP) is 3.35. The van der Waals surface area contributed by atoms with E-state index in [2.05, 4.69) is 42.4 Å². The normalized spacial score (nSPS) is 12.1. The zero-order valence-electron chi connectivity index (χ0n) is 11.4. The van der Waals surface area contributed by atoms with Gasteiger partial charge in [-0.3, -0.25) is 0 Å². The highest BCUT2D eigenvalue weighted by molar-refractivity contribution is 5.84. The van der Waals surface area contributed by atoms with Crippen molar-refractivity contribution in [2.75, 3.05) is 7.11 Å². The SMILES string of the molecule is C#CCC(C)NCc1ccc2cc(OC)ccc2c1. The molecule has 2 aromatic carbocycles. The van der Waals surface area contributed by atoms with Gasteiger partial charge < -0.3 is 10.1 Å². The highest BCUT2D eigenvalue weighted by Gasteiger charge is 2.01. The van der Waals surface area contributed by atoms with E-state index in [0.717, 1.165) is 18.7 Å². The number of fused-ring (bicyclic) bond motifs is 1. The molecule has 0 aliphatic heterocycles. The first-order chi connectivity index (χ1) is 9.22. The molecule has 1 N–H and O–H groups in total. The van der Waals surface area contributed by atoms with Crippen LogP contribution < -0.4 is 10.1 Å². The summed E-state index contributed by atoms with van der Waals surface area (Å²) in [7, 11) is 1.69. The number of nitrogens with one attached hydrogen (secondary N) is 1. The van der Waals surface area contributed by atoms with Crippen LogP contribution in [0.15, 0.2) is 36.4 Å². The van der Waals surface area contributed by atoms with E-state index in [9.17, 15) is 0 Å². The molecule has 0 aliphatic rings. The Morgan fingerprint density at radius 2 is 1.95 bits per heavy atom. The first-order valence-electron chi connectivity index (χ1n) is 6.46. The number of rotatable bonds is 5. The number of methoxy groups -OCH3 is 1. The van der Waals surface area contributed by atoms with E-state index in [0.29, 0.717) is 6.04 Å². The Labute approximate surface area is 114 Å². The van der Waals surface area contributed by atoms with Crippen LogP contribution in [-0.2, 0) is 6.54 Å². The van der Waals surface area contributed by atoms with E-state index in [4.69, 9.17) is 11.2 Å². The van der Waals surface area contributed by atoms with Gasteiger partial charge in [-0.25, -0.2) is 0 Å². The summed E-state index contributed by atoms with van der Waals surface area (Å²) in [4.78, 5) is 0. The van der Waals surface area contributed by atoms with E-state index in [1.165, 1.54) is 16.3 Å². The summed E-state index contributed by atoms with van der Waals surface area (Å²) in [5.74, 6) is 3.56. The van der Waals surface area contributed by atoms with Crippen molar-refractivity contribution in [1.82, 2.24) is 5.32 Å². The number of benzene rings is 2. The van der Waals surface area contributed by atoms with Gasteiger partial charge in [-0.05, 0) is 41.5 Å². The second kappa shape index (κ2) is 6.26.